The zero-order chi connectivity index (χ0) is 14.5. The lowest BCUT2D eigenvalue weighted by atomic mass is 10.1. The van der Waals surface area contributed by atoms with Crippen LogP contribution in [-0.2, 0) is 6.54 Å². The van der Waals surface area contributed by atoms with Gasteiger partial charge in [-0.05, 0) is 30.2 Å². The lowest BCUT2D eigenvalue weighted by molar-refractivity contribution is 0.0951. The van der Waals surface area contributed by atoms with Gasteiger partial charge in [0.1, 0.15) is 0 Å². The molecule has 0 saturated heterocycles. The van der Waals surface area contributed by atoms with Crippen molar-refractivity contribution in [3.8, 4) is 5.88 Å². The van der Waals surface area contributed by atoms with Gasteiger partial charge in [0.25, 0.3) is 5.91 Å². The van der Waals surface area contributed by atoms with Gasteiger partial charge in [-0.15, -0.1) is 0 Å². The Morgan fingerprint density at radius 1 is 1.35 bits per heavy atom. The molecule has 5 heteroatoms. The van der Waals surface area contributed by atoms with E-state index in [1.54, 1.807) is 19.4 Å². The Labute approximate surface area is 126 Å². The Kier molecular flexibility index (Phi) is 4.74. The van der Waals surface area contributed by atoms with Gasteiger partial charge in [0.05, 0.1) is 7.11 Å². The van der Waals surface area contributed by atoms with Crippen LogP contribution in [0.25, 0.3) is 0 Å². The van der Waals surface area contributed by atoms with E-state index in [1.807, 2.05) is 31.2 Å². The molecule has 104 valence electrons. The average Bonchev–Trinajstić information content (AvgIpc) is 2.48. The number of halogens is 1. The number of carbonyl (C=O) groups is 1. The minimum atomic E-state index is -0.110. The van der Waals surface area contributed by atoms with E-state index in [-0.39, 0.29) is 5.91 Å². The average molecular weight is 335 g/mol. The summed E-state index contributed by atoms with van der Waals surface area (Å²) in [6.45, 7) is 2.41. The molecule has 1 amide bonds. The minimum absolute atomic E-state index is 0.110. The fourth-order valence-electron chi connectivity index (χ4n) is 1.65. The zero-order valence-electron chi connectivity index (χ0n) is 11.3. The van der Waals surface area contributed by atoms with Gasteiger partial charge in [0, 0.05) is 28.8 Å². The Morgan fingerprint density at radius 2 is 2.15 bits per heavy atom. The molecule has 0 radical (unpaired) electrons. The van der Waals surface area contributed by atoms with Crippen LogP contribution in [0.15, 0.2) is 41.0 Å². The van der Waals surface area contributed by atoms with Crippen molar-refractivity contribution in [2.24, 2.45) is 0 Å². The molecule has 20 heavy (non-hydrogen) atoms. The zero-order valence-corrected chi connectivity index (χ0v) is 12.9. The number of aryl methyl sites for hydroxylation is 1. The van der Waals surface area contributed by atoms with Gasteiger partial charge < -0.3 is 10.1 Å². The quantitative estimate of drug-likeness (QED) is 0.934. The molecule has 2 rings (SSSR count). The highest BCUT2D eigenvalue weighted by Crippen LogP contribution is 2.17. The number of nitrogens with zero attached hydrogens (tertiary/aromatic N) is 1. The summed E-state index contributed by atoms with van der Waals surface area (Å²) in [5.41, 5.74) is 2.65. The van der Waals surface area contributed by atoms with Crippen molar-refractivity contribution in [1.29, 1.82) is 0 Å². The molecule has 0 unspecified atom stereocenters. The molecule has 0 aliphatic carbocycles. The highest BCUT2D eigenvalue weighted by atomic mass is 79.9. The summed E-state index contributed by atoms with van der Waals surface area (Å²) in [6.07, 6.45) is 1.68. The van der Waals surface area contributed by atoms with Crippen molar-refractivity contribution >= 4 is 21.8 Å². The van der Waals surface area contributed by atoms with Gasteiger partial charge in [-0.1, -0.05) is 28.1 Å². The monoisotopic (exact) mass is 334 g/mol. The fourth-order valence-corrected chi connectivity index (χ4v) is 2.03. The first-order valence-electron chi connectivity index (χ1n) is 6.13. The smallest absolute Gasteiger partial charge is 0.251 e. The Hall–Kier alpha value is -1.88. The second-order valence-electron chi connectivity index (χ2n) is 4.36. The van der Waals surface area contributed by atoms with Crippen molar-refractivity contribution < 1.29 is 9.53 Å². The van der Waals surface area contributed by atoms with Crippen molar-refractivity contribution in [3.05, 3.63) is 57.7 Å². The van der Waals surface area contributed by atoms with E-state index in [0.29, 0.717) is 18.0 Å². The predicted molar refractivity (Wildman–Crippen MR) is 80.8 cm³/mol. The number of amides is 1. The van der Waals surface area contributed by atoms with Crippen LogP contribution >= 0.6 is 15.9 Å². The topological polar surface area (TPSA) is 51.2 Å². The molecule has 0 spiro atoms. The molecule has 0 aliphatic rings. The summed E-state index contributed by atoms with van der Waals surface area (Å²) in [6, 6.07) is 9.17. The standard InChI is InChI=1S/C15H15BrN2O2/c1-10-3-5-12(7-13(10)16)15(19)18-9-11-4-6-14(20-2)17-8-11/h3-8H,9H2,1-2H3,(H,18,19). The van der Waals surface area contributed by atoms with Gasteiger partial charge >= 0.3 is 0 Å². The first-order chi connectivity index (χ1) is 9.60. The van der Waals surface area contributed by atoms with Crippen LogP contribution in [0.5, 0.6) is 5.88 Å². The molecule has 0 aliphatic heterocycles. The van der Waals surface area contributed by atoms with E-state index < -0.39 is 0 Å². The molecule has 0 atom stereocenters. The van der Waals surface area contributed by atoms with Gasteiger partial charge in [-0.2, -0.15) is 0 Å². The Bertz CT molecular complexity index is 612. The number of nitrogens with one attached hydrogen (secondary N) is 1. The third kappa shape index (κ3) is 3.57. The van der Waals surface area contributed by atoms with Crippen LogP contribution in [0.1, 0.15) is 21.5 Å². The molecular weight excluding hydrogens is 320 g/mol. The number of pyridine rings is 1. The van der Waals surface area contributed by atoms with Crippen LogP contribution in [0, 0.1) is 6.92 Å². The molecule has 0 fully saturated rings. The third-order valence-electron chi connectivity index (χ3n) is 2.89. The van der Waals surface area contributed by atoms with Crippen molar-refractivity contribution in [1.82, 2.24) is 10.3 Å². The molecule has 0 saturated carbocycles. The molecular formula is C15H15BrN2O2. The van der Waals surface area contributed by atoms with E-state index in [1.165, 1.54) is 0 Å². The normalized spacial score (nSPS) is 10.2. The number of hydrogen-bond acceptors (Lipinski definition) is 3. The molecule has 1 heterocycles. The van der Waals surface area contributed by atoms with Crippen LogP contribution in [0.2, 0.25) is 0 Å². The van der Waals surface area contributed by atoms with Crippen LogP contribution in [0.3, 0.4) is 0 Å². The van der Waals surface area contributed by atoms with Crippen LogP contribution in [0.4, 0.5) is 0 Å². The van der Waals surface area contributed by atoms with Gasteiger partial charge in [-0.3, -0.25) is 4.79 Å². The fraction of sp³-hybridized carbons (Fsp3) is 0.200. The number of rotatable bonds is 4. The maximum atomic E-state index is 12.0. The summed E-state index contributed by atoms with van der Waals surface area (Å²) >= 11 is 3.42. The van der Waals surface area contributed by atoms with E-state index in [0.717, 1.165) is 15.6 Å². The van der Waals surface area contributed by atoms with Crippen LogP contribution < -0.4 is 10.1 Å². The second kappa shape index (κ2) is 6.52. The van der Waals surface area contributed by atoms with Gasteiger partial charge in [-0.25, -0.2) is 4.98 Å². The molecule has 4 nitrogen and oxygen atoms in total. The first-order valence-corrected chi connectivity index (χ1v) is 6.92. The summed E-state index contributed by atoms with van der Waals surface area (Å²) < 4.78 is 5.91. The SMILES string of the molecule is COc1ccc(CNC(=O)c2ccc(C)c(Br)c2)cn1. The molecule has 2 aromatic rings. The third-order valence-corrected chi connectivity index (χ3v) is 3.75. The summed E-state index contributed by atoms with van der Waals surface area (Å²) in [5.74, 6) is 0.448. The first kappa shape index (κ1) is 14.5. The number of hydrogen-bond donors (Lipinski definition) is 1. The number of methoxy groups -OCH3 is 1. The number of ether oxygens (including phenoxy) is 1. The summed E-state index contributed by atoms with van der Waals surface area (Å²) in [7, 11) is 1.57. The number of benzene rings is 1. The molecule has 0 bridgehead atoms. The molecule has 1 aromatic heterocycles. The summed E-state index contributed by atoms with van der Waals surface area (Å²) in [4.78, 5) is 16.1. The molecule has 1 N–H and O–H groups in total. The van der Waals surface area contributed by atoms with Gasteiger partial charge in [0.15, 0.2) is 0 Å². The lowest BCUT2D eigenvalue weighted by Gasteiger charge is -2.07. The number of carbonyl (C=O) groups excluding carboxylic acids is 1. The van der Waals surface area contributed by atoms with Gasteiger partial charge in [0.2, 0.25) is 5.88 Å². The van der Waals surface area contributed by atoms with Crippen molar-refractivity contribution in [2.45, 2.75) is 13.5 Å². The molecule has 1 aromatic carbocycles. The maximum absolute atomic E-state index is 12.0. The van der Waals surface area contributed by atoms with E-state index in [2.05, 4.69) is 26.2 Å². The van der Waals surface area contributed by atoms with E-state index in [9.17, 15) is 4.79 Å². The Balaban J connectivity index is 1.98. The van der Waals surface area contributed by atoms with E-state index in [4.69, 9.17) is 4.74 Å². The largest absolute Gasteiger partial charge is 0.481 e. The maximum Gasteiger partial charge on any atom is 0.251 e. The predicted octanol–water partition coefficient (Wildman–Crippen LogP) is 3.09. The Morgan fingerprint density at radius 3 is 2.75 bits per heavy atom. The van der Waals surface area contributed by atoms with Crippen molar-refractivity contribution in [2.75, 3.05) is 7.11 Å². The minimum Gasteiger partial charge on any atom is -0.481 e. The van der Waals surface area contributed by atoms with Crippen LogP contribution in [-0.4, -0.2) is 18.0 Å². The number of aromatic nitrogens is 1. The van der Waals surface area contributed by atoms with E-state index >= 15 is 0 Å². The highest BCUT2D eigenvalue weighted by Gasteiger charge is 2.07. The second-order valence-corrected chi connectivity index (χ2v) is 5.21. The summed E-state index contributed by atoms with van der Waals surface area (Å²) in [5, 5.41) is 2.86. The lowest BCUT2D eigenvalue weighted by Crippen LogP contribution is -2.22. The van der Waals surface area contributed by atoms with Crippen molar-refractivity contribution in [3.63, 3.8) is 0 Å². The highest BCUT2D eigenvalue weighted by molar-refractivity contribution is 9.10.